The maximum absolute atomic E-state index is 11.5. The van der Waals surface area contributed by atoms with Gasteiger partial charge in [0.05, 0.1) is 5.69 Å². The molecule has 0 aliphatic rings. The Kier molecular flexibility index (Phi) is 5.58. The van der Waals surface area contributed by atoms with Crippen LogP contribution in [-0.2, 0) is 10.2 Å². The Morgan fingerprint density at radius 1 is 1.28 bits per heavy atom. The van der Waals surface area contributed by atoms with E-state index in [1.165, 1.54) is 4.31 Å². The van der Waals surface area contributed by atoms with Gasteiger partial charge >= 0.3 is 0 Å². The average molecular weight is 271 g/mol. The second kappa shape index (κ2) is 6.72. The third-order valence-electron chi connectivity index (χ3n) is 2.44. The van der Waals surface area contributed by atoms with E-state index >= 15 is 0 Å². The lowest BCUT2D eigenvalue weighted by Crippen LogP contribution is -2.38. The molecule has 0 radical (unpaired) electrons. The highest BCUT2D eigenvalue weighted by Crippen LogP contribution is 2.15. The molecule has 0 atom stereocenters. The van der Waals surface area contributed by atoms with Crippen molar-refractivity contribution in [2.24, 2.45) is 5.14 Å². The highest BCUT2D eigenvalue weighted by Gasteiger charge is 2.16. The molecule has 1 aromatic rings. The number of nitrogens with zero attached hydrogens (tertiary/aromatic N) is 1. The lowest BCUT2D eigenvalue weighted by Gasteiger charge is -2.22. The number of nitrogens with one attached hydrogen (secondary N) is 1. The summed E-state index contributed by atoms with van der Waals surface area (Å²) in [6, 6.07) is 9.29. The number of anilines is 1. The van der Waals surface area contributed by atoms with Crippen LogP contribution in [0.2, 0.25) is 0 Å². The molecule has 6 heteroatoms. The van der Waals surface area contributed by atoms with Crippen molar-refractivity contribution in [3.63, 3.8) is 0 Å². The summed E-state index contributed by atoms with van der Waals surface area (Å²) in [4.78, 5) is 0. The monoisotopic (exact) mass is 271 g/mol. The number of benzene rings is 1. The van der Waals surface area contributed by atoms with Crippen LogP contribution in [0.5, 0.6) is 0 Å². The lowest BCUT2D eigenvalue weighted by atomic mass is 10.3. The smallest absolute Gasteiger partial charge is 0.298 e. The summed E-state index contributed by atoms with van der Waals surface area (Å²) in [5.74, 6) is 0. The fraction of sp³-hybridized carbons (Fsp3) is 0.500. The highest BCUT2D eigenvalue weighted by atomic mass is 32.2. The topological polar surface area (TPSA) is 75.4 Å². The molecule has 102 valence electrons. The van der Waals surface area contributed by atoms with Gasteiger partial charge in [-0.25, -0.2) is 5.14 Å². The van der Waals surface area contributed by atoms with E-state index in [0.717, 1.165) is 6.54 Å². The second-order valence-corrected chi connectivity index (χ2v) is 5.89. The van der Waals surface area contributed by atoms with Gasteiger partial charge < -0.3 is 5.32 Å². The molecule has 5 nitrogen and oxygen atoms in total. The van der Waals surface area contributed by atoms with Crippen LogP contribution in [0, 0.1) is 0 Å². The zero-order valence-electron chi connectivity index (χ0n) is 10.8. The molecule has 3 N–H and O–H groups in total. The molecule has 0 fully saturated rings. The van der Waals surface area contributed by atoms with Gasteiger partial charge in [0.2, 0.25) is 0 Å². The van der Waals surface area contributed by atoms with Gasteiger partial charge in [0, 0.05) is 12.6 Å². The van der Waals surface area contributed by atoms with Gasteiger partial charge in [0.25, 0.3) is 10.2 Å². The first-order valence-corrected chi connectivity index (χ1v) is 7.50. The quantitative estimate of drug-likeness (QED) is 0.729. The summed E-state index contributed by atoms with van der Waals surface area (Å²) >= 11 is 0. The minimum Gasteiger partial charge on any atom is -0.314 e. The molecule has 0 spiro atoms. The normalized spacial score (nSPS) is 11.8. The molecule has 0 aliphatic heterocycles. The minimum absolute atomic E-state index is 0.378. The Labute approximate surface area is 109 Å². The first-order chi connectivity index (χ1) is 8.41. The van der Waals surface area contributed by atoms with Crippen LogP contribution in [0.4, 0.5) is 5.69 Å². The summed E-state index contributed by atoms with van der Waals surface area (Å²) in [5.41, 5.74) is 0.601. The second-order valence-electron chi connectivity index (χ2n) is 4.42. The van der Waals surface area contributed by atoms with Crippen molar-refractivity contribution in [3.8, 4) is 0 Å². The maximum Gasteiger partial charge on any atom is 0.298 e. The van der Waals surface area contributed by atoms with Crippen LogP contribution < -0.4 is 14.8 Å². The van der Waals surface area contributed by atoms with Crippen molar-refractivity contribution >= 4 is 15.9 Å². The third kappa shape index (κ3) is 5.03. The van der Waals surface area contributed by atoms with E-state index in [-0.39, 0.29) is 0 Å². The van der Waals surface area contributed by atoms with Gasteiger partial charge in [-0.05, 0) is 25.1 Å². The number of hydrogen-bond acceptors (Lipinski definition) is 3. The zero-order valence-corrected chi connectivity index (χ0v) is 11.7. The predicted molar refractivity (Wildman–Crippen MR) is 74.7 cm³/mol. The van der Waals surface area contributed by atoms with Gasteiger partial charge in [0.15, 0.2) is 0 Å². The van der Waals surface area contributed by atoms with Crippen LogP contribution >= 0.6 is 0 Å². The largest absolute Gasteiger partial charge is 0.314 e. The molecule has 0 amide bonds. The van der Waals surface area contributed by atoms with Gasteiger partial charge in [0.1, 0.15) is 0 Å². The van der Waals surface area contributed by atoms with Crippen LogP contribution in [0.3, 0.4) is 0 Å². The van der Waals surface area contributed by atoms with E-state index in [0.29, 0.717) is 24.7 Å². The molecule has 0 bridgehead atoms. The van der Waals surface area contributed by atoms with Crippen molar-refractivity contribution in [2.45, 2.75) is 26.3 Å². The molecule has 0 unspecified atom stereocenters. The van der Waals surface area contributed by atoms with E-state index in [1.54, 1.807) is 24.3 Å². The molecule has 0 aromatic heterocycles. The van der Waals surface area contributed by atoms with Crippen LogP contribution in [0.25, 0.3) is 0 Å². The molecular formula is C12H21N3O2S. The summed E-state index contributed by atoms with van der Waals surface area (Å²) in [7, 11) is -3.71. The molecule has 1 rings (SSSR count). The molecule has 1 aromatic carbocycles. The van der Waals surface area contributed by atoms with Gasteiger partial charge in [-0.2, -0.15) is 8.42 Å². The summed E-state index contributed by atoms with van der Waals surface area (Å²) in [5, 5.41) is 8.47. The van der Waals surface area contributed by atoms with Crippen molar-refractivity contribution in [2.75, 3.05) is 17.4 Å². The summed E-state index contributed by atoms with van der Waals surface area (Å²) in [6.07, 6.45) is 0.712. The molecular weight excluding hydrogens is 250 g/mol. The standard InChI is InChI=1S/C12H21N3O2S/c1-11(2)14-9-6-10-15(18(13,16)17)12-7-4-3-5-8-12/h3-5,7-8,11,14H,6,9-10H2,1-2H3,(H2,13,16,17). The Morgan fingerprint density at radius 2 is 1.89 bits per heavy atom. The molecule has 18 heavy (non-hydrogen) atoms. The van der Waals surface area contributed by atoms with E-state index in [2.05, 4.69) is 19.2 Å². The number of hydrogen-bond donors (Lipinski definition) is 2. The fourth-order valence-corrected chi connectivity index (χ4v) is 2.41. The Balaban J connectivity index is 2.65. The number of rotatable bonds is 7. The van der Waals surface area contributed by atoms with Gasteiger partial charge in [-0.3, -0.25) is 4.31 Å². The average Bonchev–Trinajstić information content (AvgIpc) is 2.28. The Hall–Kier alpha value is -1.11. The van der Waals surface area contributed by atoms with E-state index in [9.17, 15) is 8.42 Å². The number of para-hydroxylation sites is 1. The molecule has 0 saturated heterocycles. The van der Waals surface area contributed by atoms with Gasteiger partial charge in [-0.1, -0.05) is 32.0 Å². The molecule has 0 saturated carbocycles. The Bertz CT molecular complexity index is 446. The first-order valence-electron chi connectivity index (χ1n) is 6.00. The van der Waals surface area contributed by atoms with Gasteiger partial charge in [-0.15, -0.1) is 0 Å². The van der Waals surface area contributed by atoms with Crippen molar-refractivity contribution in [1.82, 2.24) is 5.32 Å². The van der Waals surface area contributed by atoms with E-state index in [4.69, 9.17) is 5.14 Å². The maximum atomic E-state index is 11.5. The lowest BCUT2D eigenvalue weighted by molar-refractivity contribution is 0.565. The zero-order chi connectivity index (χ0) is 13.6. The minimum atomic E-state index is -3.71. The summed E-state index contributed by atoms with van der Waals surface area (Å²) < 4.78 is 24.3. The van der Waals surface area contributed by atoms with Crippen LogP contribution in [-0.4, -0.2) is 27.5 Å². The molecule has 0 aliphatic carbocycles. The van der Waals surface area contributed by atoms with Crippen molar-refractivity contribution in [1.29, 1.82) is 0 Å². The Morgan fingerprint density at radius 3 is 2.39 bits per heavy atom. The summed E-state index contributed by atoms with van der Waals surface area (Å²) in [6.45, 7) is 5.24. The fourth-order valence-electron chi connectivity index (χ4n) is 1.61. The number of nitrogens with two attached hydrogens (primary N) is 1. The third-order valence-corrected chi connectivity index (χ3v) is 3.45. The van der Waals surface area contributed by atoms with E-state index < -0.39 is 10.2 Å². The first kappa shape index (κ1) is 14.9. The van der Waals surface area contributed by atoms with Crippen molar-refractivity contribution in [3.05, 3.63) is 30.3 Å². The van der Waals surface area contributed by atoms with Crippen LogP contribution in [0.1, 0.15) is 20.3 Å². The molecule has 0 heterocycles. The van der Waals surface area contributed by atoms with Crippen molar-refractivity contribution < 1.29 is 8.42 Å². The SMILES string of the molecule is CC(C)NCCCN(c1ccccc1)S(N)(=O)=O. The predicted octanol–water partition coefficient (Wildman–Crippen LogP) is 1.08. The van der Waals surface area contributed by atoms with E-state index in [1.807, 2.05) is 6.07 Å². The van der Waals surface area contributed by atoms with Crippen LogP contribution in [0.15, 0.2) is 30.3 Å². The highest BCUT2D eigenvalue weighted by molar-refractivity contribution is 7.90.